The van der Waals surface area contributed by atoms with Crippen molar-refractivity contribution in [3.05, 3.63) is 60.3 Å². The lowest BCUT2D eigenvalue weighted by Gasteiger charge is -2.42. The zero-order chi connectivity index (χ0) is 40.3. The van der Waals surface area contributed by atoms with E-state index in [1.165, 1.54) is 6.42 Å². The Kier molecular flexibility index (Phi) is 10.8. The number of urea groups is 1. The molecule has 7 heterocycles. The maximum Gasteiger partial charge on any atom is 0.328 e. The minimum Gasteiger partial charge on any atom is -0.383 e. The van der Waals surface area contributed by atoms with Crippen LogP contribution in [0.4, 0.5) is 27.8 Å². The van der Waals surface area contributed by atoms with E-state index in [9.17, 15) is 20.1 Å². The van der Waals surface area contributed by atoms with E-state index in [0.717, 1.165) is 69.8 Å². The summed E-state index contributed by atoms with van der Waals surface area (Å²) in [6, 6.07) is 11.1. The van der Waals surface area contributed by atoms with Crippen molar-refractivity contribution in [3.63, 3.8) is 0 Å². The number of anilines is 4. The van der Waals surface area contributed by atoms with Gasteiger partial charge in [-0.3, -0.25) is 19.9 Å². The lowest BCUT2D eigenvalue weighted by Crippen LogP contribution is -2.53. The van der Waals surface area contributed by atoms with Crippen LogP contribution >= 0.6 is 0 Å². The number of rotatable bonds is 11. The second kappa shape index (κ2) is 16.4. The predicted octanol–water partition coefficient (Wildman–Crippen LogP) is 4.28. The fraction of sp³-hybridized carbons (Fsp3) is 0.450. The molecule has 0 bridgehead atoms. The number of pyridine rings is 3. The van der Waals surface area contributed by atoms with Crippen molar-refractivity contribution in [2.75, 3.05) is 53.6 Å². The maximum atomic E-state index is 12.3. The number of piperazine rings is 1. The van der Waals surface area contributed by atoms with Crippen molar-refractivity contribution in [2.24, 2.45) is 5.92 Å². The number of nitrogens with zero attached hydrogens (tertiary/aromatic N) is 13. The van der Waals surface area contributed by atoms with Crippen molar-refractivity contribution in [2.45, 2.75) is 76.8 Å². The molecule has 5 aromatic heterocycles. The van der Waals surface area contributed by atoms with Crippen molar-refractivity contribution in [1.82, 2.24) is 49.9 Å². The van der Waals surface area contributed by atoms with Crippen LogP contribution in [-0.2, 0) is 4.79 Å². The van der Waals surface area contributed by atoms with E-state index in [0.29, 0.717) is 58.3 Å². The smallest absolute Gasteiger partial charge is 0.328 e. The minimum atomic E-state index is -0.494. The molecular weight excluding hydrogens is 737 g/mol. The van der Waals surface area contributed by atoms with Crippen LogP contribution in [0.15, 0.2) is 49.1 Å². The summed E-state index contributed by atoms with van der Waals surface area (Å²) in [4.78, 5) is 44.2. The third-order valence-corrected chi connectivity index (χ3v) is 11.7. The number of hydrogen-bond acceptors (Lipinski definition) is 14. The van der Waals surface area contributed by atoms with Crippen molar-refractivity contribution < 1.29 is 9.59 Å². The van der Waals surface area contributed by atoms with Gasteiger partial charge in [0.15, 0.2) is 11.5 Å². The Morgan fingerprint density at radius 1 is 1.03 bits per heavy atom. The van der Waals surface area contributed by atoms with Crippen LogP contribution in [0.5, 0.6) is 0 Å². The first-order valence-corrected chi connectivity index (χ1v) is 19.9. The molecule has 58 heavy (non-hydrogen) atoms. The number of amides is 3. The third-order valence-electron chi connectivity index (χ3n) is 11.7. The number of fused-ring (bicyclic) bond motifs is 1. The largest absolute Gasteiger partial charge is 0.383 e. The molecule has 298 valence electrons. The highest BCUT2D eigenvalue weighted by atomic mass is 16.2. The first kappa shape index (κ1) is 38.2. The molecule has 0 spiro atoms. The molecule has 3 fully saturated rings. The van der Waals surface area contributed by atoms with Gasteiger partial charge in [-0.25, -0.2) is 24.4 Å². The number of carbonyl (C=O) groups is 2. The predicted molar refractivity (Wildman–Crippen MR) is 216 cm³/mol. The first-order chi connectivity index (χ1) is 28.2. The summed E-state index contributed by atoms with van der Waals surface area (Å²) >= 11 is 0. The van der Waals surface area contributed by atoms with E-state index in [2.05, 4.69) is 58.8 Å². The highest BCUT2D eigenvalue weighted by molar-refractivity contribution is 6.05. The highest BCUT2D eigenvalue weighted by Crippen LogP contribution is 2.37. The molecule has 18 nitrogen and oxygen atoms in total. The van der Waals surface area contributed by atoms with E-state index < -0.39 is 12.1 Å². The van der Waals surface area contributed by atoms with Crippen molar-refractivity contribution in [3.8, 4) is 23.6 Å². The average molecular weight is 783 g/mol. The topological polar surface area (TPSA) is 229 Å². The van der Waals surface area contributed by atoms with Crippen LogP contribution in [0.25, 0.3) is 22.5 Å². The lowest BCUT2D eigenvalue weighted by atomic mass is 9.79. The normalized spacial score (nSPS) is 20.7. The van der Waals surface area contributed by atoms with Gasteiger partial charge in [-0.05, 0) is 76.1 Å². The number of carbonyl (C=O) groups excluding carboxylic acids is 2. The average Bonchev–Trinajstić information content (AvgIpc) is 3.90. The van der Waals surface area contributed by atoms with E-state index in [-0.39, 0.29) is 23.7 Å². The standard InChI is InChI=1S/C40H46N16O2/c1-3-30-23-52(14-15-53(30)35-9-8-31(21-44-35)54-13-11-37(57)48-40(54)58)12-10-26-4-6-27(7-5-26)33-24-55(51-50-33)34-22-45-36(17-32(34)47-25(2)18-41)56-39-29(20-46-56)16-28(19-42)38(43)49-39/h8-9,16-17,20-22,24-27,30H,3-7,10-15,23H2,1-2H3,(H2,43,49)(H,45,47)(H,48,57,58)/t25-,26?,27?,30-/m1/s1. The molecule has 3 aliphatic rings. The summed E-state index contributed by atoms with van der Waals surface area (Å²) in [6.07, 6.45) is 13.8. The molecule has 8 rings (SSSR count). The summed E-state index contributed by atoms with van der Waals surface area (Å²) in [5.41, 5.74) is 9.68. The molecule has 2 aliphatic heterocycles. The SMILES string of the molecule is CC[C@@H]1CN(CCC2CCC(c3cn(-c4cnc(-n5ncc6cc(C#N)c(N)nc65)cc4N[C@H](C)C#N)nn3)CC2)CCN1c1ccc(N2CCC(=O)NC2=O)cn1. The molecule has 4 N–H and O–H groups in total. The van der Waals surface area contributed by atoms with Crippen molar-refractivity contribution in [1.29, 1.82) is 10.5 Å². The van der Waals surface area contributed by atoms with E-state index in [4.69, 9.17) is 10.7 Å². The van der Waals surface area contributed by atoms with Crippen LogP contribution in [0.3, 0.4) is 0 Å². The van der Waals surface area contributed by atoms with Crippen LogP contribution in [0.2, 0.25) is 0 Å². The zero-order valence-electron chi connectivity index (χ0n) is 32.6. The van der Waals surface area contributed by atoms with Gasteiger partial charge < -0.3 is 16.0 Å². The Morgan fingerprint density at radius 2 is 1.86 bits per heavy atom. The maximum absolute atomic E-state index is 12.3. The Balaban J connectivity index is 0.861. The van der Waals surface area contributed by atoms with E-state index in [1.54, 1.807) is 51.9 Å². The molecule has 0 unspecified atom stereocenters. The Labute approximate surface area is 335 Å². The van der Waals surface area contributed by atoms with Gasteiger partial charge in [0.1, 0.15) is 29.4 Å². The number of aromatic nitrogens is 8. The molecule has 0 aromatic carbocycles. The highest BCUT2D eigenvalue weighted by Gasteiger charge is 2.30. The van der Waals surface area contributed by atoms with Gasteiger partial charge in [-0.15, -0.1) is 5.10 Å². The second-order valence-electron chi connectivity index (χ2n) is 15.3. The molecule has 1 aliphatic carbocycles. The molecule has 2 saturated heterocycles. The minimum absolute atomic E-state index is 0.111. The monoisotopic (exact) mass is 782 g/mol. The molecule has 0 radical (unpaired) electrons. The number of nitriles is 2. The molecule has 5 aromatic rings. The number of nitrogens with two attached hydrogens (primary N) is 1. The molecule has 3 amide bonds. The van der Waals surface area contributed by atoms with Gasteiger partial charge in [0.05, 0.1) is 53.5 Å². The van der Waals surface area contributed by atoms with Crippen LogP contribution < -0.4 is 26.2 Å². The van der Waals surface area contributed by atoms with Gasteiger partial charge in [0.25, 0.3) is 0 Å². The van der Waals surface area contributed by atoms with Crippen LogP contribution in [-0.4, -0.2) is 101 Å². The van der Waals surface area contributed by atoms with Gasteiger partial charge in [-0.2, -0.15) is 20.3 Å². The fourth-order valence-electron chi connectivity index (χ4n) is 8.33. The van der Waals surface area contributed by atoms with E-state index in [1.807, 2.05) is 24.4 Å². The third kappa shape index (κ3) is 7.83. The summed E-state index contributed by atoms with van der Waals surface area (Å²) in [5, 5.41) is 38.8. The Morgan fingerprint density at radius 3 is 2.60 bits per heavy atom. The van der Waals surface area contributed by atoms with Gasteiger partial charge >= 0.3 is 6.03 Å². The Bertz CT molecular complexity index is 2390. The number of hydrogen-bond donors (Lipinski definition) is 3. The van der Waals surface area contributed by atoms with Gasteiger partial charge in [0.2, 0.25) is 5.91 Å². The van der Waals surface area contributed by atoms with Gasteiger partial charge in [0, 0.05) is 56.0 Å². The zero-order valence-corrected chi connectivity index (χ0v) is 32.6. The summed E-state index contributed by atoms with van der Waals surface area (Å²) < 4.78 is 3.27. The molecule has 2 atom stereocenters. The lowest BCUT2D eigenvalue weighted by molar-refractivity contribution is -0.120. The number of imide groups is 1. The molecule has 1 saturated carbocycles. The van der Waals surface area contributed by atoms with Gasteiger partial charge in [-0.1, -0.05) is 12.1 Å². The quantitative estimate of drug-likeness (QED) is 0.170. The van der Waals surface area contributed by atoms with Crippen LogP contribution in [0.1, 0.15) is 76.0 Å². The fourth-order valence-corrected chi connectivity index (χ4v) is 8.33. The van der Waals surface area contributed by atoms with Crippen molar-refractivity contribution >= 4 is 46.0 Å². The number of nitrogen functional groups attached to an aromatic ring is 1. The second-order valence-corrected chi connectivity index (χ2v) is 15.3. The number of nitrogens with one attached hydrogen (secondary N) is 2. The van der Waals surface area contributed by atoms with E-state index >= 15 is 0 Å². The molecular formula is C40H46N16O2. The first-order valence-electron chi connectivity index (χ1n) is 19.9. The summed E-state index contributed by atoms with van der Waals surface area (Å²) in [7, 11) is 0. The summed E-state index contributed by atoms with van der Waals surface area (Å²) in [5.74, 6) is 2.22. The summed E-state index contributed by atoms with van der Waals surface area (Å²) in [6.45, 7) is 8.29. The van der Waals surface area contributed by atoms with Crippen LogP contribution in [0, 0.1) is 28.6 Å². The Hall–Kier alpha value is -6.66. The molecule has 18 heteroatoms.